The van der Waals surface area contributed by atoms with E-state index in [1.54, 1.807) is 18.1 Å². The lowest BCUT2D eigenvalue weighted by atomic mass is 10.1. The van der Waals surface area contributed by atoms with Gasteiger partial charge in [-0.3, -0.25) is 4.79 Å². The smallest absolute Gasteiger partial charge is 0.348 e. The summed E-state index contributed by atoms with van der Waals surface area (Å²) in [6.07, 6.45) is 1.03. The minimum absolute atomic E-state index is 0.102. The first kappa shape index (κ1) is 20.6. The van der Waals surface area contributed by atoms with Gasteiger partial charge in [0.05, 0.1) is 19.3 Å². The molecule has 6 heteroatoms. The van der Waals surface area contributed by atoms with Crippen LogP contribution in [0.3, 0.4) is 0 Å². The maximum atomic E-state index is 12.9. The first-order valence-electron chi connectivity index (χ1n) is 9.39. The van der Waals surface area contributed by atoms with Gasteiger partial charge in [-0.1, -0.05) is 49.4 Å². The van der Waals surface area contributed by atoms with Crippen molar-refractivity contribution >= 4 is 28.9 Å². The second-order valence-electron chi connectivity index (χ2n) is 6.58. The lowest BCUT2D eigenvalue weighted by Gasteiger charge is -2.23. The highest BCUT2D eigenvalue weighted by atomic mass is 32.1. The van der Waals surface area contributed by atoms with E-state index in [9.17, 15) is 14.7 Å². The number of anilines is 1. The largest absolute Gasteiger partial charge is 0.497 e. The summed E-state index contributed by atoms with van der Waals surface area (Å²) in [4.78, 5) is 27.4. The fourth-order valence-corrected chi connectivity index (χ4v) is 4.10. The van der Waals surface area contributed by atoms with Gasteiger partial charge in [-0.25, -0.2) is 4.79 Å². The first-order valence-corrected chi connectivity index (χ1v) is 10.2. The topological polar surface area (TPSA) is 66.8 Å². The Morgan fingerprint density at radius 1 is 1.07 bits per heavy atom. The van der Waals surface area contributed by atoms with E-state index in [2.05, 4.69) is 0 Å². The average molecular weight is 410 g/mol. The maximum Gasteiger partial charge on any atom is 0.348 e. The zero-order valence-corrected chi connectivity index (χ0v) is 17.2. The van der Waals surface area contributed by atoms with Gasteiger partial charge in [-0.15, -0.1) is 11.3 Å². The van der Waals surface area contributed by atoms with E-state index in [0.717, 1.165) is 16.0 Å². The molecule has 0 fully saturated rings. The second kappa shape index (κ2) is 9.39. The first-order chi connectivity index (χ1) is 14.0. The predicted molar refractivity (Wildman–Crippen MR) is 116 cm³/mol. The number of ether oxygens (including phenoxy) is 1. The molecule has 1 amide bonds. The fraction of sp³-hybridized carbons (Fsp3) is 0.217. The molecule has 2 aromatic carbocycles. The van der Waals surface area contributed by atoms with Gasteiger partial charge in [-0.2, -0.15) is 0 Å². The molecule has 3 aromatic rings. The number of thiophene rings is 1. The number of carboxylic acid groups (broad SMARTS) is 1. The molecule has 0 aliphatic heterocycles. The summed E-state index contributed by atoms with van der Waals surface area (Å²) in [7, 11) is 1.59. The molecule has 0 aliphatic rings. The molecule has 0 unspecified atom stereocenters. The lowest BCUT2D eigenvalue weighted by Crippen LogP contribution is -2.30. The number of hydrogen-bond acceptors (Lipinski definition) is 4. The molecular formula is C23H23NO4S. The molecule has 29 heavy (non-hydrogen) atoms. The van der Waals surface area contributed by atoms with Crippen LogP contribution >= 0.6 is 11.3 Å². The molecule has 0 saturated carbocycles. The van der Waals surface area contributed by atoms with E-state index < -0.39 is 5.97 Å². The standard InChI is InChI=1S/C23H23NO4S/c1-3-8-21(25)24(15-16-9-7-12-18(13-16)28-2)19-14-20(29-22(19)23(26)27)17-10-5-4-6-11-17/h4-7,9-14H,3,8,15H2,1-2H3,(H,26,27). The number of aromatic carboxylic acids is 1. The Hall–Kier alpha value is -3.12. The van der Waals surface area contributed by atoms with Crippen molar-refractivity contribution in [2.75, 3.05) is 12.0 Å². The Balaban J connectivity index is 2.05. The Bertz CT molecular complexity index is 997. The molecule has 0 aliphatic carbocycles. The number of carboxylic acids is 1. The summed E-state index contributed by atoms with van der Waals surface area (Å²) in [5, 5.41) is 9.79. The molecule has 1 aromatic heterocycles. The molecule has 0 saturated heterocycles. The summed E-state index contributed by atoms with van der Waals surface area (Å²) >= 11 is 1.18. The molecule has 150 valence electrons. The Labute approximate surface area is 174 Å². The number of methoxy groups -OCH3 is 1. The van der Waals surface area contributed by atoms with E-state index in [-0.39, 0.29) is 17.3 Å². The van der Waals surface area contributed by atoms with Crippen LogP contribution in [0, 0.1) is 0 Å². The van der Waals surface area contributed by atoms with E-state index in [0.29, 0.717) is 24.3 Å². The van der Waals surface area contributed by atoms with Crippen LogP contribution in [0.4, 0.5) is 5.69 Å². The van der Waals surface area contributed by atoms with E-state index >= 15 is 0 Å². The molecule has 3 rings (SSSR count). The van der Waals surface area contributed by atoms with Gasteiger partial charge >= 0.3 is 5.97 Å². The summed E-state index contributed by atoms with van der Waals surface area (Å²) in [6.45, 7) is 2.21. The SMILES string of the molecule is CCCC(=O)N(Cc1cccc(OC)c1)c1cc(-c2ccccc2)sc1C(=O)O. The zero-order chi connectivity index (χ0) is 20.8. The maximum absolute atomic E-state index is 12.9. The van der Waals surface area contributed by atoms with Crippen molar-refractivity contribution in [1.82, 2.24) is 0 Å². The molecule has 0 radical (unpaired) electrons. The lowest BCUT2D eigenvalue weighted by molar-refractivity contribution is -0.118. The molecule has 5 nitrogen and oxygen atoms in total. The number of benzene rings is 2. The molecule has 0 bridgehead atoms. The van der Waals surface area contributed by atoms with Gasteiger partial charge in [0.25, 0.3) is 0 Å². The van der Waals surface area contributed by atoms with Crippen molar-refractivity contribution in [3.8, 4) is 16.2 Å². The van der Waals surface area contributed by atoms with Crippen LogP contribution in [0.25, 0.3) is 10.4 Å². The predicted octanol–water partition coefficient (Wildman–Crippen LogP) is 5.46. The Kier molecular flexibility index (Phi) is 6.67. The summed E-state index contributed by atoms with van der Waals surface area (Å²) < 4.78 is 5.28. The van der Waals surface area contributed by atoms with E-state index in [1.165, 1.54) is 11.3 Å². The minimum atomic E-state index is -1.04. The van der Waals surface area contributed by atoms with E-state index in [4.69, 9.17) is 4.74 Å². The monoisotopic (exact) mass is 409 g/mol. The highest BCUT2D eigenvalue weighted by Gasteiger charge is 2.25. The van der Waals surface area contributed by atoms with Crippen LogP contribution in [-0.2, 0) is 11.3 Å². The summed E-state index contributed by atoms with van der Waals surface area (Å²) in [5.41, 5.74) is 2.23. The highest BCUT2D eigenvalue weighted by molar-refractivity contribution is 7.18. The third kappa shape index (κ3) is 4.84. The number of hydrogen-bond donors (Lipinski definition) is 1. The molecular weight excluding hydrogens is 386 g/mol. The van der Waals surface area contributed by atoms with Crippen LogP contribution in [0.1, 0.15) is 35.0 Å². The van der Waals surface area contributed by atoms with Crippen molar-refractivity contribution < 1.29 is 19.4 Å². The number of rotatable bonds is 8. The van der Waals surface area contributed by atoms with Gasteiger partial charge in [0.15, 0.2) is 0 Å². The minimum Gasteiger partial charge on any atom is -0.497 e. The summed E-state index contributed by atoms with van der Waals surface area (Å²) in [6, 6.07) is 18.9. The zero-order valence-electron chi connectivity index (χ0n) is 16.4. The van der Waals surface area contributed by atoms with Crippen LogP contribution in [-0.4, -0.2) is 24.1 Å². The Morgan fingerprint density at radius 2 is 1.83 bits per heavy atom. The normalized spacial score (nSPS) is 10.6. The van der Waals surface area contributed by atoms with Gasteiger partial charge in [0.2, 0.25) is 5.91 Å². The van der Waals surface area contributed by atoms with Gasteiger partial charge in [-0.05, 0) is 35.7 Å². The number of carbonyl (C=O) groups is 2. The van der Waals surface area contributed by atoms with Crippen molar-refractivity contribution in [3.05, 3.63) is 71.1 Å². The highest BCUT2D eigenvalue weighted by Crippen LogP contribution is 2.38. The average Bonchev–Trinajstić information content (AvgIpc) is 3.18. The van der Waals surface area contributed by atoms with Crippen molar-refractivity contribution in [2.24, 2.45) is 0 Å². The third-order valence-corrected chi connectivity index (χ3v) is 5.66. The van der Waals surface area contributed by atoms with Crippen LogP contribution < -0.4 is 9.64 Å². The van der Waals surface area contributed by atoms with Crippen molar-refractivity contribution in [1.29, 1.82) is 0 Å². The van der Waals surface area contributed by atoms with Crippen LogP contribution in [0.15, 0.2) is 60.7 Å². The molecule has 0 spiro atoms. The third-order valence-electron chi connectivity index (χ3n) is 4.50. The van der Waals surface area contributed by atoms with Crippen LogP contribution in [0.2, 0.25) is 0 Å². The number of carbonyl (C=O) groups excluding carboxylic acids is 1. The molecule has 1 N–H and O–H groups in total. The van der Waals surface area contributed by atoms with Crippen LogP contribution in [0.5, 0.6) is 5.75 Å². The van der Waals surface area contributed by atoms with Gasteiger partial charge in [0, 0.05) is 11.3 Å². The fourth-order valence-electron chi connectivity index (χ4n) is 3.09. The summed E-state index contributed by atoms with van der Waals surface area (Å²) in [5.74, 6) is -0.443. The van der Waals surface area contributed by atoms with Crippen molar-refractivity contribution in [2.45, 2.75) is 26.3 Å². The number of nitrogens with zero attached hydrogens (tertiary/aromatic N) is 1. The second-order valence-corrected chi connectivity index (χ2v) is 7.63. The van der Waals surface area contributed by atoms with Crippen molar-refractivity contribution in [3.63, 3.8) is 0 Å². The quantitative estimate of drug-likeness (QED) is 0.537. The Morgan fingerprint density at radius 3 is 2.48 bits per heavy atom. The van der Waals surface area contributed by atoms with E-state index in [1.807, 2.05) is 61.5 Å². The van der Waals surface area contributed by atoms with Gasteiger partial charge in [0.1, 0.15) is 10.6 Å². The number of amides is 1. The van der Waals surface area contributed by atoms with Gasteiger partial charge < -0.3 is 14.7 Å². The molecule has 0 atom stereocenters. The molecule has 1 heterocycles.